The van der Waals surface area contributed by atoms with Gasteiger partial charge in [-0.25, -0.2) is 0 Å². The van der Waals surface area contributed by atoms with E-state index in [0.29, 0.717) is 0 Å². The summed E-state index contributed by atoms with van der Waals surface area (Å²) in [5.74, 6) is 0. The summed E-state index contributed by atoms with van der Waals surface area (Å²) < 4.78 is 36.2. The molecule has 1 aromatic rings. The molecule has 2 atom stereocenters. The zero-order chi connectivity index (χ0) is 10.8. The fourth-order valence-electron chi connectivity index (χ4n) is 1.06. The molecular weight excluding hydrogens is 195 g/mol. The Balaban J connectivity index is 2.81. The summed E-state index contributed by atoms with van der Waals surface area (Å²) in [7, 11) is 0. The summed E-state index contributed by atoms with van der Waals surface area (Å²) in [4.78, 5) is 0. The Kier molecular flexibility index (Phi) is 3.13. The van der Waals surface area contributed by atoms with E-state index in [-0.39, 0.29) is 5.56 Å². The molecular formula is C9H10F3NO. The second-order valence-electron chi connectivity index (χ2n) is 2.92. The van der Waals surface area contributed by atoms with E-state index in [1.165, 1.54) is 12.1 Å². The minimum atomic E-state index is -4.69. The third-order valence-electron chi connectivity index (χ3n) is 1.86. The number of benzene rings is 1. The Bertz CT molecular complexity index is 286. The second-order valence-corrected chi connectivity index (χ2v) is 2.92. The summed E-state index contributed by atoms with van der Waals surface area (Å²) in [6.07, 6.45) is -7.21. The average molecular weight is 205 g/mol. The monoisotopic (exact) mass is 205 g/mol. The van der Waals surface area contributed by atoms with Gasteiger partial charge in [-0.05, 0) is 5.56 Å². The van der Waals surface area contributed by atoms with Gasteiger partial charge in [-0.3, -0.25) is 0 Å². The molecule has 0 aliphatic carbocycles. The molecule has 3 N–H and O–H groups in total. The molecule has 0 saturated carbocycles. The highest BCUT2D eigenvalue weighted by Gasteiger charge is 2.42. The van der Waals surface area contributed by atoms with Gasteiger partial charge in [0.25, 0.3) is 0 Å². The van der Waals surface area contributed by atoms with Crippen LogP contribution in [0, 0.1) is 0 Å². The van der Waals surface area contributed by atoms with Crippen molar-refractivity contribution >= 4 is 0 Å². The first-order valence-electron chi connectivity index (χ1n) is 3.98. The second kappa shape index (κ2) is 3.98. The van der Waals surface area contributed by atoms with Crippen molar-refractivity contribution in [1.82, 2.24) is 0 Å². The predicted octanol–water partition coefficient (Wildman–Crippen LogP) is 1.61. The molecule has 0 saturated heterocycles. The number of rotatable bonds is 2. The highest BCUT2D eigenvalue weighted by molar-refractivity contribution is 5.19. The van der Waals surface area contributed by atoms with Crippen LogP contribution in [-0.4, -0.2) is 17.4 Å². The lowest BCUT2D eigenvalue weighted by atomic mass is 10.0. The normalized spacial score (nSPS) is 16.4. The van der Waals surface area contributed by atoms with E-state index in [2.05, 4.69) is 0 Å². The SMILES string of the molecule is N[C@H](c1ccccc1)[C@@H](O)C(F)(F)F. The highest BCUT2D eigenvalue weighted by Crippen LogP contribution is 2.28. The van der Waals surface area contributed by atoms with Crippen LogP contribution in [0.25, 0.3) is 0 Å². The number of nitrogens with two attached hydrogens (primary N) is 1. The van der Waals surface area contributed by atoms with Gasteiger partial charge in [0.15, 0.2) is 6.10 Å². The molecule has 0 bridgehead atoms. The van der Waals surface area contributed by atoms with E-state index >= 15 is 0 Å². The van der Waals surface area contributed by atoms with Crippen LogP contribution < -0.4 is 5.73 Å². The molecule has 1 aromatic carbocycles. The first-order valence-corrected chi connectivity index (χ1v) is 3.98. The molecule has 0 radical (unpaired) electrons. The summed E-state index contributed by atoms with van der Waals surface area (Å²) >= 11 is 0. The van der Waals surface area contributed by atoms with Gasteiger partial charge in [-0.2, -0.15) is 13.2 Å². The van der Waals surface area contributed by atoms with Crippen LogP contribution in [0.5, 0.6) is 0 Å². The number of alkyl halides is 3. The number of aliphatic hydroxyl groups excluding tert-OH is 1. The molecule has 78 valence electrons. The quantitative estimate of drug-likeness (QED) is 0.770. The van der Waals surface area contributed by atoms with Crippen molar-refractivity contribution in [2.45, 2.75) is 18.3 Å². The first kappa shape index (κ1) is 11.0. The van der Waals surface area contributed by atoms with Gasteiger partial charge >= 0.3 is 6.18 Å². The molecule has 2 nitrogen and oxygen atoms in total. The third-order valence-corrected chi connectivity index (χ3v) is 1.86. The van der Waals surface area contributed by atoms with E-state index < -0.39 is 18.3 Å². The zero-order valence-electron chi connectivity index (χ0n) is 7.20. The van der Waals surface area contributed by atoms with Crippen LogP contribution in [0.2, 0.25) is 0 Å². The minimum Gasteiger partial charge on any atom is -0.382 e. The Hall–Kier alpha value is -1.07. The van der Waals surface area contributed by atoms with Crippen LogP contribution in [-0.2, 0) is 0 Å². The van der Waals surface area contributed by atoms with Crippen molar-refractivity contribution in [3.8, 4) is 0 Å². The lowest BCUT2D eigenvalue weighted by Gasteiger charge is -2.21. The third kappa shape index (κ3) is 2.46. The number of hydrogen-bond donors (Lipinski definition) is 2. The molecule has 0 fully saturated rings. The maximum atomic E-state index is 12.1. The van der Waals surface area contributed by atoms with Crippen molar-refractivity contribution in [1.29, 1.82) is 0 Å². The Morgan fingerprint density at radius 1 is 1.14 bits per heavy atom. The average Bonchev–Trinajstić information content (AvgIpc) is 2.15. The Morgan fingerprint density at radius 2 is 1.64 bits per heavy atom. The van der Waals surface area contributed by atoms with E-state index in [1.807, 2.05) is 0 Å². The molecule has 0 heterocycles. The van der Waals surface area contributed by atoms with Crippen LogP contribution in [0.15, 0.2) is 30.3 Å². The first-order chi connectivity index (χ1) is 6.43. The van der Waals surface area contributed by atoms with Crippen molar-refractivity contribution in [2.75, 3.05) is 0 Å². The van der Waals surface area contributed by atoms with Gasteiger partial charge in [-0.15, -0.1) is 0 Å². The van der Waals surface area contributed by atoms with Gasteiger partial charge in [-0.1, -0.05) is 30.3 Å². The summed E-state index contributed by atoms with van der Waals surface area (Å²) in [6, 6.07) is 6.25. The van der Waals surface area contributed by atoms with E-state index in [9.17, 15) is 13.2 Å². The standard InChI is InChI=1S/C9H10F3NO/c10-9(11,12)8(14)7(13)6-4-2-1-3-5-6/h1-5,7-8,14H,13H2/t7-,8-/m1/s1. The van der Waals surface area contributed by atoms with Gasteiger partial charge in [0.1, 0.15) is 0 Å². The van der Waals surface area contributed by atoms with Gasteiger partial charge < -0.3 is 10.8 Å². The lowest BCUT2D eigenvalue weighted by molar-refractivity contribution is -0.210. The molecule has 0 unspecified atom stereocenters. The molecule has 5 heteroatoms. The summed E-state index contributed by atoms with van der Waals surface area (Å²) in [5.41, 5.74) is 5.52. The minimum absolute atomic E-state index is 0.261. The van der Waals surface area contributed by atoms with Crippen LogP contribution in [0.3, 0.4) is 0 Å². The predicted molar refractivity (Wildman–Crippen MR) is 45.4 cm³/mol. The van der Waals surface area contributed by atoms with Gasteiger partial charge in [0, 0.05) is 0 Å². The molecule has 0 amide bonds. The maximum Gasteiger partial charge on any atom is 0.416 e. The molecule has 0 aliphatic heterocycles. The fraction of sp³-hybridized carbons (Fsp3) is 0.333. The molecule has 0 spiro atoms. The number of halogens is 3. The van der Waals surface area contributed by atoms with E-state index in [0.717, 1.165) is 0 Å². The lowest BCUT2D eigenvalue weighted by Crippen LogP contribution is -2.38. The number of hydrogen-bond acceptors (Lipinski definition) is 2. The van der Waals surface area contributed by atoms with Crippen LogP contribution >= 0.6 is 0 Å². The van der Waals surface area contributed by atoms with Crippen molar-refractivity contribution in [3.05, 3.63) is 35.9 Å². The molecule has 0 aliphatic rings. The topological polar surface area (TPSA) is 46.2 Å². The largest absolute Gasteiger partial charge is 0.416 e. The van der Waals surface area contributed by atoms with Crippen molar-refractivity contribution < 1.29 is 18.3 Å². The molecule has 1 rings (SSSR count). The Morgan fingerprint density at radius 3 is 2.07 bits per heavy atom. The summed E-state index contributed by atoms with van der Waals surface area (Å²) in [6.45, 7) is 0. The van der Waals surface area contributed by atoms with Crippen molar-refractivity contribution in [3.63, 3.8) is 0 Å². The Labute approximate surface area is 79.2 Å². The van der Waals surface area contributed by atoms with E-state index in [1.54, 1.807) is 18.2 Å². The van der Waals surface area contributed by atoms with E-state index in [4.69, 9.17) is 10.8 Å². The van der Waals surface area contributed by atoms with Crippen LogP contribution in [0.4, 0.5) is 13.2 Å². The van der Waals surface area contributed by atoms with Gasteiger partial charge in [0.05, 0.1) is 6.04 Å². The van der Waals surface area contributed by atoms with Gasteiger partial charge in [0.2, 0.25) is 0 Å². The maximum absolute atomic E-state index is 12.1. The fourth-order valence-corrected chi connectivity index (χ4v) is 1.06. The zero-order valence-corrected chi connectivity index (χ0v) is 7.20. The smallest absolute Gasteiger partial charge is 0.382 e. The summed E-state index contributed by atoms with van der Waals surface area (Å²) in [5, 5.41) is 8.86. The van der Waals surface area contributed by atoms with Crippen molar-refractivity contribution in [2.24, 2.45) is 5.73 Å². The number of aliphatic hydroxyl groups is 1. The molecule has 0 aromatic heterocycles. The highest BCUT2D eigenvalue weighted by atomic mass is 19.4. The van der Waals surface area contributed by atoms with Crippen LogP contribution in [0.1, 0.15) is 11.6 Å². The molecule has 14 heavy (non-hydrogen) atoms.